The van der Waals surface area contributed by atoms with Gasteiger partial charge in [-0.15, -0.1) is 0 Å². The first-order valence-corrected chi connectivity index (χ1v) is 9.57. The number of phenols is 1. The third-order valence-corrected chi connectivity index (χ3v) is 4.49. The molecule has 1 aromatic carbocycles. The van der Waals surface area contributed by atoms with Crippen LogP contribution < -0.4 is 0 Å². The Balaban J connectivity index is 2.72. The summed E-state index contributed by atoms with van der Waals surface area (Å²) in [5.74, 6) is 0.473. The zero-order chi connectivity index (χ0) is 17.9. The molecule has 1 N–H and O–H groups in total. The van der Waals surface area contributed by atoms with Crippen LogP contribution in [-0.2, 0) is 19.5 Å². The number of hydrogen-bond donors (Lipinski definition) is 1. The normalized spacial score (nSPS) is 11.6. The summed E-state index contributed by atoms with van der Waals surface area (Å²) in [6.45, 7) is 4.08. The Bertz CT molecular complexity index is 469. The highest BCUT2D eigenvalue weighted by molar-refractivity contribution is 5.44. The van der Waals surface area contributed by atoms with E-state index in [0.717, 1.165) is 25.1 Å². The van der Waals surface area contributed by atoms with Crippen molar-refractivity contribution in [2.45, 2.75) is 71.4 Å². The quantitative estimate of drug-likeness (QED) is 0.556. The van der Waals surface area contributed by atoms with Gasteiger partial charge in [0.2, 0.25) is 0 Å². The zero-order valence-electron chi connectivity index (χ0n) is 16.6. The van der Waals surface area contributed by atoms with E-state index in [2.05, 4.69) is 51.0 Å². The van der Waals surface area contributed by atoms with Crippen LogP contribution in [0.3, 0.4) is 0 Å². The maximum atomic E-state index is 10.4. The van der Waals surface area contributed by atoms with Gasteiger partial charge < -0.3 is 14.9 Å². The number of hydrogen-bond acceptors (Lipinski definition) is 3. The van der Waals surface area contributed by atoms with Crippen LogP contribution in [0.1, 0.15) is 68.6 Å². The molecule has 3 heteroatoms. The Morgan fingerprint density at radius 1 is 0.750 bits per heavy atom. The molecule has 0 spiro atoms. The van der Waals surface area contributed by atoms with Gasteiger partial charge in [-0.25, -0.2) is 0 Å². The molecule has 0 atom stereocenters. The summed E-state index contributed by atoms with van der Waals surface area (Å²) < 4.78 is 0. The van der Waals surface area contributed by atoms with Crippen molar-refractivity contribution in [2.75, 3.05) is 28.2 Å². The Morgan fingerprint density at radius 2 is 1.33 bits per heavy atom. The topological polar surface area (TPSA) is 26.7 Å². The first-order chi connectivity index (χ1) is 11.5. The van der Waals surface area contributed by atoms with Crippen molar-refractivity contribution in [3.63, 3.8) is 0 Å². The molecule has 0 saturated carbocycles. The zero-order valence-corrected chi connectivity index (χ0v) is 16.6. The van der Waals surface area contributed by atoms with Crippen LogP contribution in [-0.4, -0.2) is 43.1 Å². The van der Waals surface area contributed by atoms with Gasteiger partial charge in [-0.05, 0) is 63.8 Å². The highest BCUT2D eigenvalue weighted by Gasteiger charge is 2.14. The number of nitrogens with zero attached hydrogens (tertiary/aromatic N) is 2. The van der Waals surface area contributed by atoms with Crippen LogP contribution in [0.2, 0.25) is 0 Å². The molecule has 0 aliphatic carbocycles. The smallest absolute Gasteiger partial charge is 0.119 e. The maximum absolute atomic E-state index is 10.4. The molecule has 0 saturated heterocycles. The molecular formula is C21H38N2O. The van der Waals surface area contributed by atoms with Gasteiger partial charge in [-0.1, -0.05) is 51.5 Å². The lowest BCUT2D eigenvalue weighted by molar-refractivity contribution is 0.376. The number of phenolic OH excluding ortho intramolecular Hbond substituents is 1. The van der Waals surface area contributed by atoms with Crippen molar-refractivity contribution in [1.29, 1.82) is 0 Å². The van der Waals surface area contributed by atoms with Crippen molar-refractivity contribution in [3.05, 3.63) is 28.8 Å². The molecule has 1 aromatic rings. The van der Waals surface area contributed by atoms with Gasteiger partial charge in [-0.2, -0.15) is 0 Å². The first kappa shape index (κ1) is 21.0. The second-order valence-electron chi connectivity index (χ2n) is 7.55. The highest BCUT2D eigenvalue weighted by Crippen LogP contribution is 2.28. The van der Waals surface area contributed by atoms with Gasteiger partial charge in [0.05, 0.1) is 0 Å². The predicted octanol–water partition coefficient (Wildman–Crippen LogP) is 4.81. The van der Waals surface area contributed by atoms with E-state index in [4.69, 9.17) is 0 Å². The van der Waals surface area contributed by atoms with Gasteiger partial charge in [0.15, 0.2) is 0 Å². The molecular weight excluding hydrogens is 296 g/mol. The lowest BCUT2D eigenvalue weighted by Crippen LogP contribution is -2.18. The molecule has 0 unspecified atom stereocenters. The molecule has 0 aliphatic heterocycles. The van der Waals surface area contributed by atoms with Crippen LogP contribution in [0, 0.1) is 0 Å². The average Bonchev–Trinajstić information content (AvgIpc) is 2.50. The van der Waals surface area contributed by atoms with Crippen molar-refractivity contribution >= 4 is 0 Å². The molecule has 138 valence electrons. The van der Waals surface area contributed by atoms with E-state index >= 15 is 0 Å². The van der Waals surface area contributed by atoms with E-state index in [1.165, 1.54) is 56.1 Å². The monoisotopic (exact) mass is 334 g/mol. The van der Waals surface area contributed by atoms with Crippen LogP contribution in [0.25, 0.3) is 0 Å². The lowest BCUT2D eigenvalue weighted by atomic mass is 9.94. The van der Waals surface area contributed by atoms with Gasteiger partial charge in [0, 0.05) is 13.1 Å². The largest absolute Gasteiger partial charge is 0.508 e. The molecule has 3 nitrogen and oxygen atoms in total. The van der Waals surface area contributed by atoms with Gasteiger partial charge >= 0.3 is 0 Å². The predicted molar refractivity (Wildman–Crippen MR) is 105 cm³/mol. The molecule has 0 fully saturated rings. The maximum Gasteiger partial charge on any atom is 0.119 e. The minimum Gasteiger partial charge on any atom is -0.508 e. The molecule has 0 bridgehead atoms. The Labute approximate surface area is 149 Å². The van der Waals surface area contributed by atoms with Crippen molar-refractivity contribution in [3.8, 4) is 5.75 Å². The summed E-state index contributed by atoms with van der Waals surface area (Å²) in [7, 11) is 8.40. The van der Waals surface area contributed by atoms with E-state index < -0.39 is 0 Å². The summed E-state index contributed by atoms with van der Waals surface area (Å²) in [4.78, 5) is 4.39. The Kier molecular flexibility index (Phi) is 10.0. The number of rotatable bonds is 12. The fraction of sp³-hybridized carbons (Fsp3) is 0.714. The number of aromatic hydroxyl groups is 1. The molecule has 0 amide bonds. The molecule has 24 heavy (non-hydrogen) atoms. The Morgan fingerprint density at radius 3 is 1.92 bits per heavy atom. The van der Waals surface area contributed by atoms with E-state index in [1.807, 2.05) is 6.07 Å². The van der Waals surface area contributed by atoms with Crippen LogP contribution in [0.4, 0.5) is 0 Å². The molecule has 1 rings (SSSR count). The second kappa shape index (κ2) is 11.5. The van der Waals surface area contributed by atoms with Crippen LogP contribution >= 0.6 is 0 Å². The van der Waals surface area contributed by atoms with Gasteiger partial charge in [0.25, 0.3) is 0 Å². The molecule has 0 aromatic heterocycles. The van der Waals surface area contributed by atoms with Crippen molar-refractivity contribution in [1.82, 2.24) is 9.80 Å². The summed E-state index contributed by atoms with van der Waals surface area (Å²) >= 11 is 0. The van der Waals surface area contributed by atoms with E-state index in [0.29, 0.717) is 5.75 Å². The fourth-order valence-electron chi connectivity index (χ4n) is 3.27. The minimum atomic E-state index is 0.473. The average molecular weight is 335 g/mol. The third kappa shape index (κ3) is 7.67. The van der Waals surface area contributed by atoms with Crippen molar-refractivity contribution < 1.29 is 5.11 Å². The lowest BCUT2D eigenvalue weighted by Gasteiger charge is -2.21. The van der Waals surface area contributed by atoms with Crippen molar-refractivity contribution in [2.24, 2.45) is 0 Å². The summed E-state index contributed by atoms with van der Waals surface area (Å²) in [6.07, 6.45) is 10.1. The second-order valence-corrected chi connectivity index (χ2v) is 7.55. The van der Waals surface area contributed by atoms with E-state index in [9.17, 15) is 5.11 Å². The first-order valence-electron chi connectivity index (χ1n) is 9.57. The SMILES string of the molecule is CCCCCCCCCc1c(O)ccc(CN(C)C)c1CN(C)C. The number of unbranched alkanes of at least 4 members (excludes halogenated alkanes) is 6. The third-order valence-electron chi connectivity index (χ3n) is 4.49. The van der Waals surface area contributed by atoms with Gasteiger partial charge in [0.1, 0.15) is 5.75 Å². The molecule has 0 heterocycles. The summed E-state index contributed by atoms with van der Waals surface area (Å²) in [5.41, 5.74) is 3.82. The highest BCUT2D eigenvalue weighted by atomic mass is 16.3. The summed E-state index contributed by atoms with van der Waals surface area (Å²) in [6, 6.07) is 3.97. The molecule has 0 aliphatic rings. The molecule has 0 radical (unpaired) electrons. The number of benzene rings is 1. The van der Waals surface area contributed by atoms with E-state index in [-0.39, 0.29) is 0 Å². The van der Waals surface area contributed by atoms with Gasteiger partial charge in [-0.3, -0.25) is 0 Å². The van der Waals surface area contributed by atoms with Crippen LogP contribution in [0.5, 0.6) is 5.75 Å². The summed E-state index contributed by atoms with van der Waals surface area (Å²) in [5, 5.41) is 10.4. The Hall–Kier alpha value is -1.06. The standard InChI is InChI=1S/C21H38N2O/c1-6-7-8-9-10-11-12-13-19-20(17-23(4)5)18(16-22(2)3)14-15-21(19)24/h14-15,24H,6-13,16-17H2,1-5H3. The minimum absolute atomic E-state index is 0.473. The van der Waals surface area contributed by atoms with Crippen LogP contribution in [0.15, 0.2) is 12.1 Å². The fourth-order valence-corrected chi connectivity index (χ4v) is 3.27. The van der Waals surface area contributed by atoms with E-state index in [1.54, 1.807) is 0 Å².